The van der Waals surface area contributed by atoms with Crippen molar-refractivity contribution in [2.75, 3.05) is 39.3 Å². The second-order valence-corrected chi connectivity index (χ2v) is 8.36. The van der Waals surface area contributed by atoms with Crippen LogP contribution in [0.2, 0.25) is 0 Å². The third kappa shape index (κ3) is 3.65. The maximum Gasteiger partial charge on any atom is 0.253 e. The molecule has 2 heterocycles. The van der Waals surface area contributed by atoms with Gasteiger partial charge >= 0.3 is 0 Å². The summed E-state index contributed by atoms with van der Waals surface area (Å²) in [5.41, 5.74) is 0.841. The van der Waals surface area contributed by atoms with Crippen LogP contribution in [0.4, 0.5) is 0 Å². The van der Waals surface area contributed by atoms with E-state index in [0.29, 0.717) is 12.0 Å². The Morgan fingerprint density at radius 1 is 1.17 bits per heavy atom. The van der Waals surface area contributed by atoms with Crippen molar-refractivity contribution in [3.8, 4) is 0 Å². The van der Waals surface area contributed by atoms with Crippen molar-refractivity contribution in [3.63, 3.8) is 0 Å². The number of amides is 1. The molecule has 1 atom stereocenters. The first-order valence-corrected chi connectivity index (χ1v) is 9.20. The Hall–Kier alpha value is -1.39. The van der Waals surface area contributed by atoms with Crippen molar-refractivity contribution in [1.82, 2.24) is 14.7 Å². The van der Waals surface area contributed by atoms with Gasteiger partial charge in [0.15, 0.2) is 0 Å². The van der Waals surface area contributed by atoms with Crippen LogP contribution in [0.3, 0.4) is 0 Å². The summed E-state index contributed by atoms with van der Waals surface area (Å²) in [5.74, 6) is 0.861. The van der Waals surface area contributed by atoms with Crippen LogP contribution >= 0.6 is 0 Å². The summed E-state index contributed by atoms with van der Waals surface area (Å²) in [7, 11) is 0. The van der Waals surface area contributed by atoms with Gasteiger partial charge in [0.1, 0.15) is 0 Å². The van der Waals surface area contributed by atoms with E-state index in [1.807, 2.05) is 30.3 Å². The molecule has 2 fully saturated rings. The lowest BCUT2D eigenvalue weighted by atomic mass is 9.92. The first kappa shape index (κ1) is 17.4. The summed E-state index contributed by atoms with van der Waals surface area (Å²) >= 11 is 0. The number of carbonyl (C=O) groups excluding carboxylic acids is 1. The van der Waals surface area contributed by atoms with E-state index in [2.05, 4.69) is 42.4 Å². The van der Waals surface area contributed by atoms with E-state index < -0.39 is 0 Å². The van der Waals surface area contributed by atoms with Crippen LogP contribution in [0, 0.1) is 5.92 Å². The van der Waals surface area contributed by atoms with Crippen LogP contribution in [-0.4, -0.2) is 71.5 Å². The van der Waals surface area contributed by atoms with E-state index in [9.17, 15) is 4.79 Å². The van der Waals surface area contributed by atoms with Gasteiger partial charge in [-0.05, 0) is 31.9 Å². The van der Waals surface area contributed by atoms with Gasteiger partial charge in [-0.15, -0.1) is 0 Å². The second kappa shape index (κ2) is 6.85. The number of benzene rings is 1. The van der Waals surface area contributed by atoms with Crippen molar-refractivity contribution in [2.45, 2.75) is 39.3 Å². The highest BCUT2D eigenvalue weighted by Crippen LogP contribution is 2.29. The molecule has 0 aliphatic carbocycles. The van der Waals surface area contributed by atoms with Crippen molar-refractivity contribution in [2.24, 2.45) is 5.92 Å². The molecule has 2 saturated heterocycles. The van der Waals surface area contributed by atoms with Gasteiger partial charge in [0.05, 0.1) is 0 Å². The van der Waals surface area contributed by atoms with E-state index in [0.717, 1.165) is 44.8 Å². The number of hydrogen-bond acceptors (Lipinski definition) is 3. The highest BCUT2D eigenvalue weighted by Gasteiger charge is 2.43. The average Bonchev–Trinajstić information content (AvgIpc) is 2.53. The molecule has 132 valence electrons. The summed E-state index contributed by atoms with van der Waals surface area (Å²) in [6.45, 7) is 15.2. The molecule has 4 nitrogen and oxygen atoms in total. The fraction of sp³-hybridized carbons (Fsp3) is 0.650. The Labute approximate surface area is 146 Å². The van der Waals surface area contributed by atoms with Crippen LogP contribution in [-0.2, 0) is 0 Å². The Morgan fingerprint density at radius 2 is 1.88 bits per heavy atom. The molecule has 0 saturated carbocycles. The molecular weight excluding hydrogens is 298 g/mol. The molecule has 2 aliphatic rings. The van der Waals surface area contributed by atoms with Crippen LogP contribution in [0.1, 0.15) is 38.1 Å². The molecule has 0 aromatic heterocycles. The van der Waals surface area contributed by atoms with Crippen LogP contribution in [0.25, 0.3) is 0 Å². The number of rotatable bonds is 3. The van der Waals surface area contributed by atoms with Gasteiger partial charge in [0.2, 0.25) is 0 Å². The fourth-order valence-electron chi connectivity index (χ4n) is 4.35. The minimum atomic E-state index is 0.0390. The Balaban J connectivity index is 1.74. The van der Waals surface area contributed by atoms with Gasteiger partial charge in [-0.2, -0.15) is 0 Å². The SMILES string of the molecule is CC(C)CN1CCN2[C@@H](C1)CN(C(=O)c1ccccc1)CC2(C)C. The zero-order chi connectivity index (χ0) is 17.3. The number of carbonyl (C=O) groups is 1. The molecule has 1 aromatic rings. The summed E-state index contributed by atoms with van der Waals surface area (Å²) in [5, 5.41) is 0. The average molecular weight is 329 g/mol. The summed E-state index contributed by atoms with van der Waals surface area (Å²) < 4.78 is 0. The van der Waals surface area contributed by atoms with Gasteiger partial charge < -0.3 is 9.80 Å². The predicted octanol–water partition coefficient (Wildman–Crippen LogP) is 2.56. The van der Waals surface area contributed by atoms with Crippen LogP contribution < -0.4 is 0 Å². The van der Waals surface area contributed by atoms with Gasteiger partial charge in [-0.25, -0.2) is 0 Å². The lowest BCUT2D eigenvalue weighted by Crippen LogP contribution is -2.70. The lowest BCUT2D eigenvalue weighted by Gasteiger charge is -2.55. The summed E-state index contributed by atoms with van der Waals surface area (Å²) in [4.78, 5) is 20.2. The molecule has 0 radical (unpaired) electrons. The quantitative estimate of drug-likeness (QED) is 0.853. The molecule has 0 unspecified atom stereocenters. The largest absolute Gasteiger partial charge is 0.335 e. The summed E-state index contributed by atoms with van der Waals surface area (Å²) in [6, 6.07) is 10.1. The maximum atomic E-state index is 12.9. The highest BCUT2D eigenvalue weighted by atomic mass is 16.2. The van der Waals surface area contributed by atoms with Crippen LogP contribution in [0.5, 0.6) is 0 Å². The monoisotopic (exact) mass is 329 g/mol. The molecule has 24 heavy (non-hydrogen) atoms. The predicted molar refractivity (Wildman–Crippen MR) is 98.2 cm³/mol. The molecule has 2 aliphatic heterocycles. The smallest absolute Gasteiger partial charge is 0.253 e. The molecular formula is C20H31N3O. The van der Waals surface area contributed by atoms with Gasteiger partial charge in [-0.1, -0.05) is 32.0 Å². The third-order valence-electron chi connectivity index (χ3n) is 5.28. The standard InChI is InChI=1S/C20H31N3O/c1-16(2)12-21-10-11-23-18(13-21)14-22(15-20(23,3)4)19(24)17-8-6-5-7-9-17/h5-9,16,18H,10-15H2,1-4H3/t18-/m0/s1. The molecule has 0 spiro atoms. The molecule has 1 amide bonds. The van der Waals surface area contributed by atoms with E-state index in [1.165, 1.54) is 0 Å². The van der Waals surface area contributed by atoms with Crippen LogP contribution in [0.15, 0.2) is 30.3 Å². The second-order valence-electron chi connectivity index (χ2n) is 8.36. The zero-order valence-electron chi connectivity index (χ0n) is 15.5. The summed E-state index contributed by atoms with van der Waals surface area (Å²) in [6.07, 6.45) is 0. The minimum Gasteiger partial charge on any atom is -0.335 e. The van der Waals surface area contributed by atoms with Gasteiger partial charge in [0, 0.05) is 56.4 Å². The van der Waals surface area contributed by atoms with Gasteiger partial charge in [-0.3, -0.25) is 9.69 Å². The molecule has 3 rings (SSSR count). The third-order valence-corrected chi connectivity index (χ3v) is 5.28. The first-order chi connectivity index (χ1) is 11.4. The number of hydrogen-bond donors (Lipinski definition) is 0. The minimum absolute atomic E-state index is 0.0390. The van der Waals surface area contributed by atoms with E-state index in [-0.39, 0.29) is 11.4 Å². The van der Waals surface area contributed by atoms with Crippen molar-refractivity contribution in [3.05, 3.63) is 35.9 Å². The Kier molecular flexibility index (Phi) is 4.97. The lowest BCUT2D eigenvalue weighted by molar-refractivity contribution is -0.0577. The van der Waals surface area contributed by atoms with E-state index in [4.69, 9.17) is 0 Å². The van der Waals surface area contributed by atoms with E-state index in [1.54, 1.807) is 0 Å². The molecule has 0 bridgehead atoms. The van der Waals surface area contributed by atoms with E-state index >= 15 is 0 Å². The zero-order valence-corrected chi connectivity index (χ0v) is 15.5. The molecule has 0 N–H and O–H groups in total. The Bertz CT molecular complexity index is 570. The van der Waals surface area contributed by atoms with Crippen molar-refractivity contribution >= 4 is 5.91 Å². The topological polar surface area (TPSA) is 26.8 Å². The van der Waals surface area contributed by atoms with Gasteiger partial charge in [0.25, 0.3) is 5.91 Å². The van der Waals surface area contributed by atoms with Crippen molar-refractivity contribution in [1.29, 1.82) is 0 Å². The number of nitrogens with zero attached hydrogens (tertiary/aromatic N) is 3. The number of piperazine rings is 2. The van der Waals surface area contributed by atoms with Crippen molar-refractivity contribution < 1.29 is 4.79 Å². The normalized spacial score (nSPS) is 24.9. The number of fused-ring (bicyclic) bond motifs is 1. The fourth-order valence-corrected chi connectivity index (χ4v) is 4.35. The first-order valence-electron chi connectivity index (χ1n) is 9.20. The molecule has 4 heteroatoms. The molecule has 1 aromatic carbocycles. The highest BCUT2D eigenvalue weighted by molar-refractivity contribution is 5.94. The maximum absolute atomic E-state index is 12.9. The Morgan fingerprint density at radius 3 is 2.54 bits per heavy atom.